The smallest absolute Gasteiger partial charge is 0.245 e. The highest BCUT2D eigenvalue weighted by Gasteiger charge is 2.34. The van der Waals surface area contributed by atoms with Crippen LogP contribution in [0.2, 0.25) is 0 Å². The Labute approximate surface area is 372 Å². The number of aromatic amines is 1. The molecule has 0 aliphatic carbocycles. The van der Waals surface area contributed by atoms with E-state index in [1.54, 1.807) is 0 Å². The zero-order valence-electron chi connectivity index (χ0n) is 38.0. The number of H-pyrrole nitrogens is 1. The van der Waals surface area contributed by atoms with E-state index in [0.29, 0.717) is 25.0 Å². The minimum Gasteiger partial charge on any atom is -0.394 e. The molecule has 1 aromatic rings. The molecule has 0 fully saturated rings. The molecule has 0 aliphatic heterocycles. The van der Waals surface area contributed by atoms with Crippen LogP contribution in [0.15, 0.2) is 12.5 Å². The number of imidazole rings is 1. The number of unbranched alkanes of at least 4 members (excludes halogenated alkanes) is 13. The molecule has 0 spiro atoms. The minimum absolute atomic E-state index is 0.216. The minimum atomic E-state index is -1.59. The van der Waals surface area contributed by atoms with E-state index < -0.39 is 91.1 Å². The fourth-order valence-corrected chi connectivity index (χ4v) is 6.79. The molecule has 1 aromatic heterocycles. The van der Waals surface area contributed by atoms with Crippen LogP contribution in [0.1, 0.15) is 148 Å². The van der Waals surface area contributed by atoms with Crippen molar-refractivity contribution in [2.24, 2.45) is 5.73 Å². The molecule has 0 radical (unpaired) electrons. The van der Waals surface area contributed by atoms with Gasteiger partial charge in [0.2, 0.25) is 41.4 Å². The second-order valence-corrected chi connectivity index (χ2v) is 16.2. The van der Waals surface area contributed by atoms with Gasteiger partial charge in [-0.2, -0.15) is 0 Å². The second kappa shape index (κ2) is 33.8. The van der Waals surface area contributed by atoms with Crippen molar-refractivity contribution in [3.8, 4) is 0 Å². The Morgan fingerprint density at radius 1 is 0.667 bits per heavy atom. The quantitative estimate of drug-likeness (QED) is 0.0318. The number of nitrogens with zero attached hydrogens (tertiary/aromatic N) is 1. The van der Waals surface area contributed by atoms with Crippen molar-refractivity contribution in [3.05, 3.63) is 18.2 Å². The van der Waals surface area contributed by atoms with Crippen molar-refractivity contribution in [1.82, 2.24) is 47.2 Å². The van der Waals surface area contributed by atoms with E-state index in [1.807, 2.05) is 6.92 Å². The van der Waals surface area contributed by atoms with Gasteiger partial charge in [0, 0.05) is 25.5 Å². The Morgan fingerprint density at radius 3 is 1.73 bits per heavy atom. The monoisotopic (exact) mass is 895 g/mol. The van der Waals surface area contributed by atoms with Crippen LogP contribution in [-0.2, 0) is 40.0 Å². The first-order valence-electron chi connectivity index (χ1n) is 22.8. The molecule has 7 atom stereocenters. The van der Waals surface area contributed by atoms with E-state index in [0.717, 1.165) is 25.7 Å². The van der Waals surface area contributed by atoms with Crippen molar-refractivity contribution >= 4 is 41.4 Å². The number of rotatable bonds is 37. The highest BCUT2D eigenvalue weighted by Crippen LogP contribution is 2.13. The maximum Gasteiger partial charge on any atom is 0.245 e. The summed E-state index contributed by atoms with van der Waals surface area (Å²) >= 11 is 0. The molecule has 1 rings (SSSR count). The fourth-order valence-electron chi connectivity index (χ4n) is 6.79. The van der Waals surface area contributed by atoms with Crippen molar-refractivity contribution in [1.29, 1.82) is 0 Å². The average molecular weight is 895 g/mol. The van der Waals surface area contributed by atoms with Crippen molar-refractivity contribution in [2.75, 3.05) is 20.2 Å². The standard InChI is InChI=1S/C43H78N10O10/c1-5-7-9-10-11-12-13-14-15-16-17-18-19-21-36(57)47-26-37(58)53-38(29(3)55)43(63)50-32(22-23-35(44)56)40(60)51-33(24-30-25-46-28-48-30)41(61)52-34(27-54)42(62)49-31(20-8-6-2)39(59)45-4/h25,28-29,31-34,38-39,45,54-55,59H,5-24,26-27H2,1-4H3,(H2,44,56)(H,46,48)(H,47,57)(H,49,62)(H,50,63)(H,51,60)(H,52,61)(H,53,58)/t29-,31-,32-,33-,34-,38-,39-/m0/s1. The largest absolute Gasteiger partial charge is 0.394 e. The van der Waals surface area contributed by atoms with Crippen LogP contribution in [0, 0.1) is 0 Å². The number of aromatic nitrogens is 2. The van der Waals surface area contributed by atoms with Crippen molar-refractivity contribution < 1.29 is 48.9 Å². The third-order valence-corrected chi connectivity index (χ3v) is 10.6. The van der Waals surface area contributed by atoms with Crippen molar-refractivity contribution in [2.45, 2.75) is 192 Å². The lowest BCUT2D eigenvalue weighted by Gasteiger charge is -2.28. The Balaban J connectivity index is 2.86. The molecule has 0 saturated heterocycles. The predicted molar refractivity (Wildman–Crippen MR) is 237 cm³/mol. The van der Waals surface area contributed by atoms with Gasteiger partial charge in [-0.3, -0.25) is 38.9 Å². The lowest BCUT2D eigenvalue weighted by molar-refractivity contribution is -0.136. The van der Waals surface area contributed by atoms with E-state index in [4.69, 9.17) is 5.73 Å². The lowest BCUT2D eigenvalue weighted by Crippen LogP contribution is -2.61. The van der Waals surface area contributed by atoms with Gasteiger partial charge in [0.1, 0.15) is 30.4 Å². The number of primary amides is 1. The summed E-state index contributed by atoms with van der Waals surface area (Å²) in [5, 5.41) is 48.4. The number of nitrogens with one attached hydrogen (secondary N) is 8. The van der Waals surface area contributed by atoms with E-state index in [9.17, 15) is 48.9 Å². The fraction of sp³-hybridized carbons (Fsp3) is 0.767. The maximum absolute atomic E-state index is 13.8. The Morgan fingerprint density at radius 2 is 1.21 bits per heavy atom. The summed E-state index contributed by atoms with van der Waals surface area (Å²) < 4.78 is 0. The zero-order chi connectivity index (χ0) is 47.0. The maximum atomic E-state index is 13.8. The van der Waals surface area contributed by atoms with Crippen LogP contribution < -0.4 is 43.0 Å². The van der Waals surface area contributed by atoms with Gasteiger partial charge in [-0.05, 0) is 33.2 Å². The van der Waals surface area contributed by atoms with Gasteiger partial charge in [-0.15, -0.1) is 0 Å². The molecule has 1 heterocycles. The molecule has 63 heavy (non-hydrogen) atoms. The van der Waals surface area contributed by atoms with Crippen molar-refractivity contribution in [3.63, 3.8) is 0 Å². The third-order valence-electron chi connectivity index (χ3n) is 10.6. The molecule has 7 amide bonds. The number of nitrogens with two attached hydrogens (primary N) is 1. The molecule has 0 aliphatic rings. The molecule has 20 heteroatoms. The summed E-state index contributed by atoms with van der Waals surface area (Å²) in [5.41, 5.74) is 5.67. The van der Waals surface area contributed by atoms with E-state index >= 15 is 0 Å². The number of carbonyl (C=O) groups is 7. The first-order valence-corrected chi connectivity index (χ1v) is 22.8. The normalized spacial score (nSPS) is 14.5. The number of hydrogen-bond acceptors (Lipinski definition) is 12. The van der Waals surface area contributed by atoms with Gasteiger partial charge in [0.25, 0.3) is 0 Å². The summed E-state index contributed by atoms with van der Waals surface area (Å²) in [5.74, 6) is -5.59. The molecule has 0 bridgehead atoms. The van der Waals surface area contributed by atoms with E-state index in [1.165, 1.54) is 84.3 Å². The van der Waals surface area contributed by atoms with Crippen LogP contribution in [-0.4, -0.2) is 129 Å². The predicted octanol–water partition coefficient (Wildman–Crippen LogP) is 0.340. The Bertz CT molecular complexity index is 1480. The molecule has 0 aromatic carbocycles. The summed E-state index contributed by atoms with van der Waals surface area (Å²) in [6, 6.07) is -6.78. The van der Waals surface area contributed by atoms with Gasteiger partial charge in [0.15, 0.2) is 0 Å². The summed E-state index contributed by atoms with van der Waals surface area (Å²) in [6.45, 7) is 4.10. The SMILES string of the molecule is CCCCCCCCCCCCCCCC(=O)NCC(=O)N[C@H](C(=O)N[C@@H](CCC(N)=O)C(=O)N[C@@H](Cc1c[nH]cn1)C(=O)N[C@@H](CO)C(=O)N[C@@H](CCCC)[C@H](O)NC)[C@H](C)O. The molecular formula is C43H78N10O10. The number of carbonyl (C=O) groups excluding carboxylic acids is 7. The highest BCUT2D eigenvalue weighted by molar-refractivity contribution is 5.96. The second-order valence-electron chi connectivity index (χ2n) is 16.2. The summed E-state index contributed by atoms with van der Waals surface area (Å²) in [4.78, 5) is 97.8. The Hall–Kier alpha value is -4.66. The molecule has 360 valence electrons. The molecule has 13 N–H and O–H groups in total. The highest BCUT2D eigenvalue weighted by atomic mass is 16.3. The van der Waals surface area contributed by atoms with Crippen LogP contribution in [0.3, 0.4) is 0 Å². The molecule has 0 saturated carbocycles. The van der Waals surface area contributed by atoms with Crippen LogP contribution in [0.25, 0.3) is 0 Å². The number of amides is 7. The first kappa shape index (κ1) is 56.4. The average Bonchev–Trinajstić information content (AvgIpc) is 3.77. The summed E-state index contributed by atoms with van der Waals surface area (Å²) in [6.07, 6.45) is 16.6. The third kappa shape index (κ3) is 25.3. The van der Waals surface area contributed by atoms with Gasteiger partial charge >= 0.3 is 0 Å². The van der Waals surface area contributed by atoms with Crippen LogP contribution >= 0.6 is 0 Å². The topological polar surface area (TPSA) is 319 Å². The van der Waals surface area contributed by atoms with Gasteiger partial charge in [-0.1, -0.05) is 104 Å². The van der Waals surface area contributed by atoms with Crippen LogP contribution in [0.5, 0.6) is 0 Å². The molecular weight excluding hydrogens is 817 g/mol. The van der Waals surface area contributed by atoms with E-state index in [2.05, 4.69) is 54.1 Å². The van der Waals surface area contributed by atoms with Gasteiger partial charge in [0.05, 0.1) is 37.3 Å². The summed E-state index contributed by atoms with van der Waals surface area (Å²) in [7, 11) is 1.51. The first-order chi connectivity index (χ1) is 30.2. The van der Waals surface area contributed by atoms with Crippen LogP contribution in [0.4, 0.5) is 0 Å². The number of aliphatic hydroxyl groups excluding tert-OH is 3. The number of hydrogen-bond donors (Lipinski definition) is 12. The molecule has 0 unspecified atom stereocenters. The van der Waals surface area contributed by atoms with Gasteiger partial charge in [-0.25, -0.2) is 4.98 Å². The molecule has 20 nitrogen and oxygen atoms in total. The number of aliphatic hydroxyl groups is 3. The lowest BCUT2D eigenvalue weighted by atomic mass is 10.0. The zero-order valence-corrected chi connectivity index (χ0v) is 38.0. The van der Waals surface area contributed by atoms with E-state index in [-0.39, 0.29) is 31.6 Å². The van der Waals surface area contributed by atoms with Gasteiger partial charge < -0.3 is 57.9 Å². The Kier molecular flexibility index (Phi) is 30.3. The number of likely N-dealkylation sites (N-methyl/N-ethyl adjacent to an activating group) is 1.